The molecular weight excluding hydrogens is 200 g/mol. The van der Waals surface area contributed by atoms with Crippen LogP contribution in [0.2, 0.25) is 0 Å². The van der Waals surface area contributed by atoms with Crippen LogP contribution in [0.1, 0.15) is 18.2 Å². The Bertz CT molecular complexity index is 488. The van der Waals surface area contributed by atoms with Gasteiger partial charge in [0.15, 0.2) is 0 Å². The Balaban J connectivity index is 2.26. The lowest BCUT2D eigenvalue weighted by Crippen LogP contribution is -1.95. The van der Waals surface area contributed by atoms with Crippen LogP contribution in [0, 0.1) is 6.92 Å². The zero-order valence-electron chi connectivity index (χ0n) is 9.86. The lowest BCUT2D eigenvalue weighted by Gasteiger charge is -2.04. The van der Waals surface area contributed by atoms with Crippen molar-refractivity contribution in [1.29, 1.82) is 0 Å². The van der Waals surface area contributed by atoms with E-state index in [0.29, 0.717) is 0 Å². The van der Waals surface area contributed by atoms with E-state index in [1.807, 2.05) is 30.1 Å². The molecule has 2 aromatic rings. The topological polar surface area (TPSA) is 42.7 Å². The molecule has 4 nitrogen and oxygen atoms in total. The van der Waals surface area contributed by atoms with Gasteiger partial charge in [0.1, 0.15) is 5.82 Å². The minimum absolute atomic E-state index is 0.864. The van der Waals surface area contributed by atoms with Crippen molar-refractivity contribution in [2.45, 2.75) is 20.3 Å². The Kier molecular flexibility index (Phi) is 2.90. The average Bonchev–Trinajstić information content (AvgIpc) is 2.59. The highest BCUT2D eigenvalue weighted by molar-refractivity contribution is 5.58. The maximum absolute atomic E-state index is 4.37. The fourth-order valence-electron chi connectivity index (χ4n) is 1.64. The van der Waals surface area contributed by atoms with E-state index in [9.17, 15) is 0 Å². The van der Waals surface area contributed by atoms with Crippen molar-refractivity contribution in [3.63, 3.8) is 0 Å². The molecule has 0 radical (unpaired) electrons. The van der Waals surface area contributed by atoms with Crippen LogP contribution in [0.4, 0.5) is 11.5 Å². The van der Waals surface area contributed by atoms with Gasteiger partial charge in [0.05, 0.1) is 11.4 Å². The summed E-state index contributed by atoms with van der Waals surface area (Å²) in [5.74, 6) is 0.864. The molecule has 0 aliphatic carbocycles. The molecule has 0 atom stereocenters. The number of aromatic nitrogens is 3. The molecular formula is C12H16N4. The Labute approximate surface area is 95.3 Å². The lowest BCUT2D eigenvalue weighted by atomic mass is 10.2. The summed E-state index contributed by atoms with van der Waals surface area (Å²) in [5.41, 5.74) is 3.29. The van der Waals surface area contributed by atoms with Crippen LogP contribution in [-0.4, -0.2) is 14.8 Å². The molecule has 0 aliphatic heterocycles. The molecule has 0 amide bonds. The van der Waals surface area contributed by atoms with Gasteiger partial charge < -0.3 is 5.32 Å². The first-order chi connectivity index (χ1) is 7.69. The third-order valence-electron chi connectivity index (χ3n) is 2.42. The molecule has 0 bridgehead atoms. The number of rotatable bonds is 3. The van der Waals surface area contributed by atoms with Gasteiger partial charge in [-0.15, -0.1) is 0 Å². The Morgan fingerprint density at radius 3 is 2.94 bits per heavy atom. The van der Waals surface area contributed by atoms with Crippen molar-refractivity contribution in [3.05, 3.63) is 35.8 Å². The van der Waals surface area contributed by atoms with E-state index >= 15 is 0 Å². The number of pyridine rings is 1. The first kappa shape index (κ1) is 10.7. The zero-order chi connectivity index (χ0) is 11.5. The van der Waals surface area contributed by atoms with Gasteiger partial charge in [-0.25, -0.2) is 4.98 Å². The predicted molar refractivity (Wildman–Crippen MR) is 64.8 cm³/mol. The molecule has 1 N–H and O–H groups in total. The monoisotopic (exact) mass is 216 g/mol. The number of hydrogen-bond donors (Lipinski definition) is 1. The van der Waals surface area contributed by atoms with Crippen molar-refractivity contribution in [1.82, 2.24) is 14.8 Å². The van der Waals surface area contributed by atoms with Crippen LogP contribution >= 0.6 is 0 Å². The second kappa shape index (κ2) is 4.35. The van der Waals surface area contributed by atoms with Crippen LogP contribution in [0.3, 0.4) is 0 Å². The highest BCUT2D eigenvalue weighted by Crippen LogP contribution is 2.19. The molecule has 2 aromatic heterocycles. The van der Waals surface area contributed by atoms with Gasteiger partial charge in [0.2, 0.25) is 0 Å². The average molecular weight is 216 g/mol. The first-order valence-corrected chi connectivity index (χ1v) is 5.41. The summed E-state index contributed by atoms with van der Waals surface area (Å²) in [6.45, 7) is 4.15. The minimum atomic E-state index is 0.864. The molecule has 0 unspecified atom stereocenters. The highest BCUT2D eigenvalue weighted by atomic mass is 15.3. The molecule has 4 heteroatoms. The summed E-state index contributed by atoms with van der Waals surface area (Å²) < 4.78 is 1.82. The van der Waals surface area contributed by atoms with Gasteiger partial charge in [0, 0.05) is 19.4 Å². The van der Waals surface area contributed by atoms with Crippen molar-refractivity contribution in [3.8, 4) is 0 Å². The molecule has 0 aromatic carbocycles. The van der Waals surface area contributed by atoms with Crippen molar-refractivity contribution in [2.75, 3.05) is 5.32 Å². The number of hydrogen-bond acceptors (Lipinski definition) is 3. The number of aryl methyl sites for hydroxylation is 3. The van der Waals surface area contributed by atoms with Gasteiger partial charge in [0.25, 0.3) is 0 Å². The highest BCUT2D eigenvalue weighted by Gasteiger charge is 2.06. The molecule has 84 valence electrons. The van der Waals surface area contributed by atoms with Crippen LogP contribution in [0.25, 0.3) is 0 Å². The molecule has 0 saturated heterocycles. The van der Waals surface area contributed by atoms with Gasteiger partial charge in [-0.1, -0.05) is 6.92 Å². The Morgan fingerprint density at radius 2 is 2.25 bits per heavy atom. The van der Waals surface area contributed by atoms with E-state index in [4.69, 9.17) is 0 Å². The molecule has 2 heterocycles. The van der Waals surface area contributed by atoms with E-state index in [0.717, 1.165) is 23.6 Å². The standard InChI is InChI=1S/C12H16N4/c1-4-10-11(8-16(3)15-10)14-12-7-9(2)5-6-13-12/h5-8H,4H2,1-3H3,(H,13,14). The fraction of sp³-hybridized carbons (Fsp3) is 0.333. The summed E-state index contributed by atoms with van der Waals surface area (Å²) in [6.07, 6.45) is 4.69. The molecule has 0 saturated carbocycles. The van der Waals surface area contributed by atoms with Crippen molar-refractivity contribution in [2.24, 2.45) is 7.05 Å². The third-order valence-corrected chi connectivity index (χ3v) is 2.42. The van der Waals surface area contributed by atoms with E-state index in [2.05, 4.69) is 29.2 Å². The molecule has 0 fully saturated rings. The van der Waals surface area contributed by atoms with Crippen LogP contribution < -0.4 is 5.32 Å². The molecule has 0 aliphatic rings. The Hall–Kier alpha value is -1.84. The zero-order valence-corrected chi connectivity index (χ0v) is 9.86. The third kappa shape index (κ3) is 2.21. The second-order valence-electron chi connectivity index (χ2n) is 3.86. The lowest BCUT2D eigenvalue weighted by molar-refractivity contribution is 0.746. The van der Waals surface area contributed by atoms with E-state index in [1.54, 1.807) is 6.20 Å². The summed E-state index contributed by atoms with van der Waals surface area (Å²) in [4.78, 5) is 4.27. The first-order valence-electron chi connectivity index (χ1n) is 5.41. The van der Waals surface area contributed by atoms with Gasteiger partial charge in [-0.3, -0.25) is 4.68 Å². The summed E-state index contributed by atoms with van der Waals surface area (Å²) >= 11 is 0. The van der Waals surface area contributed by atoms with Crippen LogP contribution in [0.5, 0.6) is 0 Å². The van der Waals surface area contributed by atoms with Gasteiger partial charge >= 0.3 is 0 Å². The van der Waals surface area contributed by atoms with Gasteiger partial charge in [-0.05, 0) is 31.0 Å². The second-order valence-corrected chi connectivity index (χ2v) is 3.86. The number of nitrogens with one attached hydrogen (secondary N) is 1. The number of nitrogens with zero attached hydrogens (tertiary/aromatic N) is 3. The van der Waals surface area contributed by atoms with Crippen molar-refractivity contribution < 1.29 is 0 Å². The van der Waals surface area contributed by atoms with Gasteiger partial charge in [-0.2, -0.15) is 5.10 Å². The largest absolute Gasteiger partial charge is 0.337 e. The summed E-state index contributed by atoms with van der Waals surface area (Å²) in [6, 6.07) is 4.00. The maximum atomic E-state index is 4.37. The van der Waals surface area contributed by atoms with E-state index in [-0.39, 0.29) is 0 Å². The fourth-order valence-corrected chi connectivity index (χ4v) is 1.64. The van der Waals surface area contributed by atoms with Crippen molar-refractivity contribution >= 4 is 11.5 Å². The Morgan fingerprint density at radius 1 is 1.44 bits per heavy atom. The summed E-state index contributed by atoms with van der Waals surface area (Å²) in [5, 5.41) is 7.66. The molecule has 0 spiro atoms. The predicted octanol–water partition coefficient (Wildman–Crippen LogP) is 2.43. The summed E-state index contributed by atoms with van der Waals surface area (Å²) in [7, 11) is 1.92. The SMILES string of the molecule is CCc1nn(C)cc1Nc1cc(C)ccn1. The van der Waals surface area contributed by atoms with Crippen LogP contribution in [-0.2, 0) is 13.5 Å². The molecule has 16 heavy (non-hydrogen) atoms. The quantitative estimate of drug-likeness (QED) is 0.856. The number of anilines is 2. The minimum Gasteiger partial charge on any atom is -0.337 e. The van der Waals surface area contributed by atoms with Crippen LogP contribution in [0.15, 0.2) is 24.5 Å². The maximum Gasteiger partial charge on any atom is 0.130 e. The normalized spacial score (nSPS) is 10.4. The van der Waals surface area contributed by atoms with E-state index < -0.39 is 0 Å². The smallest absolute Gasteiger partial charge is 0.130 e. The van der Waals surface area contributed by atoms with E-state index in [1.165, 1.54) is 5.56 Å². The molecule has 2 rings (SSSR count).